The molecule has 176 valence electrons. The van der Waals surface area contributed by atoms with Crippen LogP contribution in [0.4, 0.5) is 4.39 Å². The summed E-state index contributed by atoms with van der Waals surface area (Å²) in [4.78, 5) is 34.3. The van der Waals surface area contributed by atoms with Crippen molar-refractivity contribution in [2.75, 3.05) is 19.6 Å². The van der Waals surface area contributed by atoms with Gasteiger partial charge in [0.25, 0.3) is 5.56 Å². The molecule has 3 heterocycles. The number of halogens is 2. The van der Waals surface area contributed by atoms with Crippen LogP contribution in [0.1, 0.15) is 32.1 Å². The van der Waals surface area contributed by atoms with Gasteiger partial charge in [-0.3, -0.25) is 14.2 Å². The molecule has 1 fully saturated rings. The van der Waals surface area contributed by atoms with Crippen molar-refractivity contribution in [1.82, 2.24) is 19.3 Å². The van der Waals surface area contributed by atoms with Crippen molar-refractivity contribution in [2.45, 2.75) is 44.2 Å². The standard InChI is InChI=1S/C23H26ClFN4O3S/c24-27-10-2-1-3-19(30)28-11-8-23(32,9-12-28)14-29-15-26-20-18(13-33-21(20)22(29)31)16-4-6-17(25)7-5-16/h4-7,13,15,27,32H,1-3,8-12,14H2. The normalized spacial score (nSPS) is 15.8. The molecular weight excluding hydrogens is 467 g/mol. The number of benzene rings is 1. The van der Waals surface area contributed by atoms with Crippen LogP contribution in [0.5, 0.6) is 0 Å². The highest BCUT2D eigenvalue weighted by molar-refractivity contribution is 7.17. The Morgan fingerprint density at radius 2 is 1.97 bits per heavy atom. The lowest BCUT2D eigenvalue weighted by atomic mass is 9.91. The third-order valence-corrected chi connectivity index (χ3v) is 7.27. The lowest BCUT2D eigenvalue weighted by molar-refractivity contribution is -0.136. The maximum Gasteiger partial charge on any atom is 0.271 e. The molecule has 7 nitrogen and oxygen atoms in total. The molecule has 0 bridgehead atoms. The molecule has 0 aliphatic carbocycles. The van der Waals surface area contributed by atoms with Crippen molar-refractivity contribution >= 4 is 39.2 Å². The molecule has 0 saturated carbocycles. The highest BCUT2D eigenvalue weighted by Crippen LogP contribution is 2.31. The molecule has 0 unspecified atom stereocenters. The van der Waals surface area contributed by atoms with Crippen LogP contribution in [0.15, 0.2) is 40.8 Å². The Morgan fingerprint density at radius 1 is 1.24 bits per heavy atom. The number of aromatic nitrogens is 2. The molecule has 1 aromatic carbocycles. The maximum absolute atomic E-state index is 13.3. The fourth-order valence-electron chi connectivity index (χ4n) is 4.16. The van der Waals surface area contributed by atoms with Crippen LogP contribution in [-0.4, -0.2) is 50.7 Å². The number of likely N-dealkylation sites (tertiary alicyclic amines) is 1. The van der Waals surface area contributed by atoms with Gasteiger partial charge in [-0.1, -0.05) is 12.1 Å². The molecule has 0 radical (unpaired) electrons. The number of fused-ring (bicyclic) bond motifs is 1. The molecule has 33 heavy (non-hydrogen) atoms. The van der Waals surface area contributed by atoms with Gasteiger partial charge in [0.2, 0.25) is 5.91 Å². The average Bonchev–Trinajstić information content (AvgIpc) is 3.24. The number of aliphatic hydroxyl groups is 1. The van der Waals surface area contributed by atoms with Crippen molar-refractivity contribution in [2.24, 2.45) is 0 Å². The molecular formula is C23H26ClFN4O3S. The molecule has 2 aromatic heterocycles. The van der Waals surface area contributed by atoms with Crippen LogP contribution in [0.25, 0.3) is 21.3 Å². The van der Waals surface area contributed by atoms with Crippen LogP contribution in [-0.2, 0) is 11.3 Å². The highest BCUT2D eigenvalue weighted by Gasteiger charge is 2.34. The number of carbonyl (C=O) groups is 1. The maximum atomic E-state index is 13.3. The molecule has 1 amide bonds. The van der Waals surface area contributed by atoms with Gasteiger partial charge < -0.3 is 10.0 Å². The Kier molecular flexibility index (Phi) is 7.43. The summed E-state index contributed by atoms with van der Waals surface area (Å²) in [6, 6.07) is 6.08. The average molecular weight is 493 g/mol. The zero-order valence-corrected chi connectivity index (χ0v) is 19.7. The molecule has 3 aromatic rings. The smallest absolute Gasteiger partial charge is 0.271 e. The van der Waals surface area contributed by atoms with E-state index in [0.29, 0.717) is 49.1 Å². The number of carbonyl (C=O) groups excluding carboxylic acids is 1. The first-order valence-electron chi connectivity index (χ1n) is 11.0. The van der Waals surface area contributed by atoms with Crippen LogP contribution in [0.2, 0.25) is 0 Å². The molecule has 2 N–H and O–H groups in total. The van der Waals surface area contributed by atoms with Gasteiger partial charge in [-0.15, -0.1) is 11.3 Å². The quantitative estimate of drug-likeness (QED) is 0.371. The Labute approximate surface area is 199 Å². The van der Waals surface area contributed by atoms with Gasteiger partial charge in [-0.05, 0) is 55.2 Å². The van der Waals surface area contributed by atoms with Gasteiger partial charge >= 0.3 is 0 Å². The summed E-state index contributed by atoms with van der Waals surface area (Å²) >= 11 is 6.72. The van der Waals surface area contributed by atoms with Crippen molar-refractivity contribution < 1.29 is 14.3 Å². The van der Waals surface area contributed by atoms with Gasteiger partial charge in [-0.25, -0.2) is 14.2 Å². The van der Waals surface area contributed by atoms with E-state index in [1.807, 2.05) is 5.38 Å². The van der Waals surface area contributed by atoms with Crippen LogP contribution >= 0.6 is 23.1 Å². The minimum atomic E-state index is -1.07. The summed E-state index contributed by atoms with van der Waals surface area (Å²) in [7, 11) is 0. The second kappa shape index (κ2) is 10.3. The second-order valence-electron chi connectivity index (χ2n) is 8.46. The number of thiophene rings is 1. The van der Waals surface area contributed by atoms with E-state index >= 15 is 0 Å². The first-order valence-corrected chi connectivity index (χ1v) is 12.2. The van der Waals surface area contributed by atoms with Crippen LogP contribution in [0, 0.1) is 5.82 Å². The van der Waals surface area contributed by atoms with Gasteiger partial charge in [-0.2, -0.15) is 0 Å². The Morgan fingerprint density at radius 3 is 2.67 bits per heavy atom. The fraction of sp³-hybridized carbons (Fsp3) is 0.435. The zero-order valence-electron chi connectivity index (χ0n) is 18.1. The number of unbranched alkanes of at least 4 members (excludes halogenated alkanes) is 1. The van der Waals surface area contributed by atoms with Gasteiger partial charge in [0.1, 0.15) is 10.5 Å². The predicted octanol–water partition coefficient (Wildman–Crippen LogP) is 3.53. The number of rotatable bonds is 8. The molecule has 4 rings (SSSR count). The van der Waals surface area contributed by atoms with E-state index in [0.717, 1.165) is 24.0 Å². The third kappa shape index (κ3) is 5.43. The summed E-state index contributed by atoms with van der Waals surface area (Å²) < 4.78 is 15.2. The van der Waals surface area contributed by atoms with E-state index in [1.54, 1.807) is 17.0 Å². The van der Waals surface area contributed by atoms with Crippen LogP contribution in [0.3, 0.4) is 0 Å². The first kappa shape index (κ1) is 23.8. The molecule has 10 heteroatoms. The predicted molar refractivity (Wildman–Crippen MR) is 128 cm³/mol. The Bertz CT molecular complexity index is 1170. The van der Waals surface area contributed by atoms with Crippen LogP contribution < -0.4 is 10.4 Å². The Balaban J connectivity index is 1.43. The lowest BCUT2D eigenvalue weighted by Crippen LogP contribution is -2.49. The largest absolute Gasteiger partial charge is 0.388 e. The summed E-state index contributed by atoms with van der Waals surface area (Å²) in [5.74, 6) is -0.239. The van der Waals surface area contributed by atoms with Gasteiger partial charge in [0.15, 0.2) is 0 Å². The van der Waals surface area contributed by atoms with E-state index in [4.69, 9.17) is 11.8 Å². The number of hydrogen-bond donors (Lipinski definition) is 2. The summed E-state index contributed by atoms with van der Waals surface area (Å²) in [5, 5.41) is 12.9. The number of nitrogens with one attached hydrogen (secondary N) is 1. The topological polar surface area (TPSA) is 87.5 Å². The van der Waals surface area contributed by atoms with Crippen molar-refractivity contribution in [3.05, 3.63) is 52.1 Å². The third-order valence-electron chi connectivity index (χ3n) is 6.12. The summed E-state index contributed by atoms with van der Waals surface area (Å²) in [6.45, 7) is 1.71. The highest BCUT2D eigenvalue weighted by atomic mass is 35.5. The molecule has 0 atom stereocenters. The van der Waals surface area contributed by atoms with E-state index < -0.39 is 5.60 Å². The monoisotopic (exact) mass is 492 g/mol. The van der Waals surface area contributed by atoms with E-state index in [1.165, 1.54) is 34.4 Å². The van der Waals surface area contributed by atoms with E-state index in [9.17, 15) is 19.1 Å². The van der Waals surface area contributed by atoms with E-state index in [-0.39, 0.29) is 23.8 Å². The zero-order chi connectivity index (χ0) is 23.4. The van der Waals surface area contributed by atoms with Gasteiger partial charge in [0.05, 0.1) is 24.0 Å². The molecule has 1 saturated heterocycles. The minimum absolute atomic E-state index is 0.0822. The van der Waals surface area contributed by atoms with Crippen molar-refractivity contribution in [3.8, 4) is 11.1 Å². The molecule has 1 aliphatic heterocycles. The summed E-state index contributed by atoms with van der Waals surface area (Å²) in [6.07, 6.45) is 4.32. The van der Waals surface area contributed by atoms with E-state index in [2.05, 4.69) is 9.82 Å². The number of piperidine rings is 1. The molecule has 0 spiro atoms. The summed E-state index contributed by atoms with van der Waals surface area (Å²) in [5.41, 5.74) is 0.867. The number of amides is 1. The second-order valence-corrected chi connectivity index (χ2v) is 9.60. The SMILES string of the molecule is O=C(CCCCNCl)N1CCC(O)(Cn2cnc3c(-c4ccc(F)cc4)csc3c2=O)CC1. The Hall–Kier alpha value is -2.33. The van der Waals surface area contributed by atoms with Crippen molar-refractivity contribution in [3.63, 3.8) is 0 Å². The minimum Gasteiger partial charge on any atom is -0.388 e. The van der Waals surface area contributed by atoms with Gasteiger partial charge in [0, 0.05) is 37.0 Å². The first-order chi connectivity index (χ1) is 15.9. The number of hydrogen-bond acceptors (Lipinski definition) is 6. The number of nitrogens with zero attached hydrogens (tertiary/aromatic N) is 3. The fourth-order valence-corrected chi connectivity index (χ4v) is 5.27. The van der Waals surface area contributed by atoms with Crippen molar-refractivity contribution in [1.29, 1.82) is 0 Å². The lowest BCUT2D eigenvalue weighted by Gasteiger charge is -2.38. The molecule has 1 aliphatic rings.